The van der Waals surface area contributed by atoms with Crippen LogP contribution >= 0.6 is 0 Å². The summed E-state index contributed by atoms with van der Waals surface area (Å²) in [6, 6.07) is 1.72. The van der Waals surface area contributed by atoms with Gasteiger partial charge in [0.15, 0.2) is 0 Å². The molecule has 0 aromatic heterocycles. The van der Waals surface area contributed by atoms with Crippen molar-refractivity contribution in [1.29, 1.82) is 0 Å². The Labute approximate surface area is 88.1 Å². The van der Waals surface area contributed by atoms with Crippen LogP contribution in [-0.4, -0.2) is 37.1 Å². The fourth-order valence-corrected chi connectivity index (χ4v) is 3.07. The lowest BCUT2D eigenvalue weighted by Crippen LogP contribution is -2.44. The maximum atomic E-state index is 3.34. The maximum absolute atomic E-state index is 3.34. The molecule has 1 saturated heterocycles. The summed E-state index contributed by atoms with van der Waals surface area (Å²) in [4.78, 5) is 2.79. The molecule has 2 fully saturated rings. The van der Waals surface area contributed by atoms with E-state index in [0.717, 1.165) is 18.0 Å². The molecule has 0 amide bonds. The van der Waals surface area contributed by atoms with Gasteiger partial charge in [0, 0.05) is 18.6 Å². The highest BCUT2D eigenvalue weighted by molar-refractivity contribution is 4.93. The van der Waals surface area contributed by atoms with Gasteiger partial charge < -0.3 is 5.32 Å². The third-order valence-corrected chi connectivity index (χ3v) is 3.87. The molecule has 14 heavy (non-hydrogen) atoms. The molecule has 0 radical (unpaired) electrons. The van der Waals surface area contributed by atoms with Gasteiger partial charge >= 0.3 is 0 Å². The summed E-state index contributed by atoms with van der Waals surface area (Å²) in [7, 11) is 2.08. The summed E-state index contributed by atoms with van der Waals surface area (Å²) in [5.74, 6) is 1.04. The van der Waals surface area contributed by atoms with E-state index in [1.165, 1.54) is 45.2 Å². The van der Waals surface area contributed by atoms with E-state index in [1.54, 1.807) is 0 Å². The van der Waals surface area contributed by atoms with Crippen molar-refractivity contribution < 1.29 is 0 Å². The topological polar surface area (TPSA) is 15.3 Å². The second-order valence-electron chi connectivity index (χ2n) is 4.90. The van der Waals surface area contributed by atoms with Crippen molar-refractivity contribution in [2.24, 2.45) is 5.92 Å². The molecule has 2 atom stereocenters. The fraction of sp³-hybridized carbons (Fsp3) is 1.00. The first-order chi connectivity index (χ1) is 6.86. The number of likely N-dealkylation sites (tertiary alicyclic amines) is 1. The Bertz CT molecular complexity index is 177. The zero-order chi connectivity index (χ0) is 9.97. The Morgan fingerprint density at radius 3 is 2.71 bits per heavy atom. The van der Waals surface area contributed by atoms with Gasteiger partial charge in [-0.25, -0.2) is 0 Å². The highest BCUT2D eigenvalue weighted by Gasteiger charge is 2.38. The van der Waals surface area contributed by atoms with Crippen molar-refractivity contribution in [2.75, 3.05) is 20.1 Å². The zero-order valence-corrected chi connectivity index (χ0v) is 9.63. The first kappa shape index (κ1) is 10.4. The van der Waals surface area contributed by atoms with Crippen LogP contribution in [0.2, 0.25) is 0 Å². The molecular weight excluding hydrogens is 172 g/mol. The highest BCUT2D eigenvalue weighted by Crippen LogP contribution is 2.39. The van der Waals surface area contributed by atoms with Crippen LogP contribution in [0.15, 0.2) is 0 Å². The number of nitrogens with one attached hydrogen (secondary N) is 1. The Kier molecular flexibility index (Phi) is 3.45. The van der Waals surface area contributed by atoms with Gasteiger partial charge in [0.05, 0.1) is 0 Å². The Morgan fingerprint density at radius 2 is 2.14 bits per heavy atom. The average molecular weight is 196 g/mol. The van der Waals surface area contributed by atoms with Crippen LogP contribution in [0.3, 0.4) is 0 Å². The molecule has 1 saturated carbocycles. The monoisotopic (exact) mass is 196 g/mol. The molecule has 2 aliphatic rings. The standard InChI is InChI=1S/C12H24N2/c1-3-12(10-6-7-10)14-8-4-5-11(14)9-13-2/h10-13H,3-9H2,1-2H3. The van der Waals surface area contributed by atoms with Gasteiger partial charge in [-0.05, 0) is 51.6 Å². The summed E-state index contributed by atoms with van der Waals surface area (Å²) in [6.07, 6.45) is 7.15. The van der Waals surface area contributed by atoms with Crippen LogP contribution in [0, 0.1) is 5.92 Å². The molecule has 2 nitrogen and oxygen atoms in total. The second kappa shape index (κ2) is 4.63. The molecule has 1 aliphatic carbocycles. The molecule has 0 spiro atoms. The van der Waals surface area contributed by atoms with Gasteiger partial charge in [0.25, 0.3) is 0 Å². The summed E-state index contributed by atoms with van der Waals surface area (Å²) in [5.41, 5.74) is 0. The van der Waals surface area contributed by atoms with Gasteiger partial charge in [-0.15, -0.1) is 0 Å². The second-order valence-corrected chi connectivity index (χ2v) is 4.90. The normalized spacial score (nSPS) is 30.9. The van der Waals surface area contributed by atoms with E-state index in [2.05, 4.69) is 24.2 Å². The van der Waals surface area contributed by atoms with Crippen molar-refractivity contribution in [3.63, 3.8) is 0 Å². The quantitative estimate of drug-likeness (QED) is 0.722. The van der Waals surface area contributed by atoms with Crippen molar-refractivity contribution in [1.82, 2.24) is 10.2 Å². The van der Waals surface area contributed by atoms with Crippen molar-refractivity contribution in [3.8, 4) is 0 Å². The fourth-order valence-electron chi connectivity index (χ4n) is 3.07. The van der Waals surface area contributed by atoms with Crippen LogP contribution in [0.4, 0.5) is 0 Å². The van der Waals surface area contributed by atoms with E-state index in [-0.39, 0.29) is 0 Å². The highest BCUT2D eigenvalue weighted by atomic mass is 15.2. The number of likely N-dealkylation sites (N-methyl/N-ethyl adjacent to an activating group) is 1. The molecule has 0 aromatic rings. The molecule has 2 unspecified atom stereocenters. The van der Waals surface area contributed by atoms with Gasteiger partial charge in [0.1, 0.15) is 0 Å². The van der Waals surface area contributed by atoms with Crippen LogP contribution in [0.1, 0.15) is 39.0 Å². The molecule has 1 N–H and O–H groups in total. The molecule has 2 heteroatoms. The molecule has 1 aliphatic heterocycles. The van der Waals surface area contributed by atoms with E-state index in [4.69, 9.17) is 0 Å². The number of nitrogens with zero attached hydrogens (tertiary/aromatic N) is 1. The van der Waals surface area contributed by atoms with Crippen LogP contribution in [-0.2, 0) is 0 Å². The van der Waals surface area contributed by atoms with Crippen molar-refractivity contribution in [3.05, 3.63) is 0 Å². The van der Waals surface area contributed by atoms with Crippen molar-refractivity contribution in [2.45, 2.75) is 51.1 Å². The summed E-state index contributed by atoms with van der Waals surface area (Å²) in [6.45, 7) is 4.89. The SMILES string of the molecule is CCC(C1CC1)N1CCCC1CNC. The van der Waals surface area contributed by atoms with E-state index in [0.29, 0.717) is 0 Å². The minimum absolute atomic E-state index is 0.825. The zero-order valence-electron chi connectivity index (χ0n) is 9.63. The predicted molar refractivity (Wildman–Crippen MR) is 60.5 cm³/mol. The first-order valence-electron chi connectivity index (χ1n) is 6.27. The molecular formula is C12H24N2. The van der Waals surface area contributed by atoms with E-state index < -0.39 is 0 Å². The van der Waals surface area contributed by atoms with E-state index >= 15 is 0 Å². The molecule has 1 heterocycles. The van der Waals surface area contributed by atoms with Gasteiger partial charge in [-0.2, -0.15) is 0 Å². The van der Waals surface area contributed by atoms with Gasteiger partial charge in [-0.1, -0.05) is 6.92 Å². The Hall–Kier alpha value is -0.0800. The number of hydrogen-bond acceptors (Lipinski definition) is 2. The number of rotatable bonds is 5. The summed E-state index contributed by atoms with van der Waals surface area (Å²) in [5, 5.41) is 3.34. The van der Waals surface area contributed by atoms with E-state index in [9.17, 15) is 0 Å². The van der Waals surface area contributed by atoms with Gasteiger partial charge in [-0.3, -0.25) is 4.90 Å². The summed E-state index contributed by atoms with van der Waals surface area (Å²) < 4.78 is 0. The minimum atomic E-state index is 0.825. The minimum Gasteiger partial charge on any atom is -0.318 e. The predicted octanol–water partition coefficient (Wildman–Crippen LogP) is 1.86. The lowest BCUT2D eigenvalue weighted by Gasteiger charge is -2.32. The Morgan fingerprint density at radius 1 is 1.36 bits per heavy atom. The lowest BCUT2D eigenvalue weighted by molar-refractivity contribution is 0.155. The molecule has 2 rings (SSSR count). The van der Waals surface area contributed by atoms with Crippen LogP contribution in [0.25, 0.3) is 0 Å². The van der Waals surface area contributed by atoms with E-state index in [1.807, 2.05) is 0 Å². The first-order valence-corrected chi connectivity index (χ1v) is 6.27. The average Bonchev–Trinajstić information content (AvgIpc) is 2.91. The number of hydrogen-bond donors (Lipinski definition) is 1. The lowest BCUT2D eigenvalue weighted by atomic mass is 10.1. The maximum Gasteiger partial charge on any atom is 0.0224 e. The van der Waals surface area contributed by atoms with Crippen molar-refractivity contribution >= 4 is 0 Å². The molecule has 0 bridgehead atoms. The molecule has 82 valence electrons. The summed E-state index contributed by atoms with van der Waals surface area (Å²) >= 11 is 0. The van der Waals surface area contributed by atoms with Crippen LogP contribution in [0.5, 0.6) is 0 Å². The third-order valence-electron chi connectivity index (χ3n) is 3.87. The largest absolute Gasteiger partial charge is 0.318 e. The van der Waals surface area contributed by atoms with Crippen LogP contribution < -0.4 is 5.32 Å². The van der Waals surface area contributed by atoms with Gasteiger partial charge in [0.2, 0.25) is 0 Å². The molecule has 0 aromatic carbocycles. The smallest absolute Gasteiger partial charge is 0.0224 e. The Balaban J connectivity index is 1.92. The third kappa shape index (κ3) is 2.12.